The second kappa shape index (κ2) is 6.80. The van der Waals surface area contributed by atoms with Crippen molar-refractivity contribution in [1.82, 2.24) is 9.88 Å². The quantitative estimate of drug-likeness (QED) is 0.751. The lowest BCUT2D eigenvalue weighted by Crippen LogP contribution is -2.33. The van der Waals surface area contributed by atoms with Crippen LogP contribution in [0.1, 0.15) is 11.7 Å². The molecule has 0 spiro atoms. The van der Waals surface area contributed by atoms with Crippen LogP contribution in [0.4, 0.5) is 0 Å². The Labute approximate surface area is 136 Å². The van der Waals surface area contributed by atoms with Gasteiger partial charge < -0.3 is 14.5 Å². The highest BCUT2D eigenvalue weighted by atomic mass is 32.1. The fourth-order valence-electron chi connectivity index (χ4n) is 2.37. The van der Waals surface area contributed by atoms with E-state index < -0.39 is 5.76 Å². The van der Waals surface area contributed by atoms with Crippen molar-refractivity contribution in [3.63, 3.8) is 0 Å². The summed E-state index contributed by atoms with van der Waals surface area (Å²) in [6.07, 6.45) is -0.206. The zero-order chi connectivity index (χ0) is 16.2. The van der Waals surface area contributed by atoms with Gasteiger partial charge in [-0.05, 0) is 34.5 Å². The molecule has 2 heterocycles. The van der Waals surface area contributed by atoms with Gasteiger partial charge >= 0.3 is 5.76 Å². The first-order valence-corrected chi connectivity index (χ1v) is 8.03. The van der Waals surface area contributed by atoms with Crippen LogP contribution in [-0.4, -0.2) is 24.1 Å². The van der Waals surface area contributed by atoms with Gasteiger partial charge in [0.2, 0.25) is 5.91 Å². The number of hydrogen-bond donors (Lipinski definition) is 1. The Bertz CT molecular complexity index is 850. The van der Waals surface area contributed by atoms with Crippen LogP contribution in [0, 0.1) is 0 Å². The van der Waals surface area contributed by atoms with Gasteiger partial charge in [-0.2, -0.15) is 11.3 Å². The minimum absolute atomic E-state index is 0.0874. The third kappa shape index (κ3) is 3.35. The number of para-hydroxylation sites is 2. The van der Waals surface area contributed by atoms with Crippen molar-refractivity contribution in [2.45, 2.75) is 12.6 Å². The van der Waals surface area contributed by atoms with Crippen LogP contribution < -0.4 is 11.1 Å². The second-order valence-corrected chi connectivity index (χ2v) is 5.79. The summed E-state index contributed by atoms with van der Waals surface area (Å²) < 4.78 is 11.8. The predicted octanol–water partition coefficient (Wildman–Crippen LogP) is 2.16. The first kappa shape index (κ1) is 15.5. The molecular formula is C16H16N2O4S. The van der Waals surface area contributed by atoms with Gasteiger partial charge in [-0.3, -0.25) is 9.36 Å². The molecular weight excluding hydrogens is 316 g/mol. The molecule has 0 aliphatic carbocycles. The molecule has 6 nitrogen and oxygen atoms in total. The number of methoxy groups -OCH3 is 1. The van der Waals surface area contributed by atoms with Gasteiger partial charge in [-0.15, -0.1) is 0 Å². The highest BCUT2D eigenvalue weighted by molar-refractivity contribution is 7.07. The van der Waals surface area contributed by atoms with Crippen molar-refractivity contribution in [3.8, 4) is 0 Å². The average molecular weight is 332 g/mol. The number of carbonyl (C=O) groups excluding carboxylic acids is 1. The highest BCUT2D eigenvalue weighted by Crippen LogP contribution is 2.18. The fourth-order valence-corrected chi connectivity index (χ4v) is 3.07. The molecule has 1 amide bonds. The zero-order valence-corrected chi connectivity index (χ0v) is 13.3. The van der Waals surface area contributed by atoms with Crippen LogP contribution in [-0.2, 0) is 16.1 Å². The number of ether oxygens (including phenoxy) is 1. The minimum atomic E-state index is -0.539. The van der Waals surface area contributed by atoms with E-state index in [2.05, 4.69) is 5.32 Å². The number of hydrogen-bond acceptors (Lipinski definition) is 5. The van der Waals surface area contributed by atoms with Gasteiger partial charge in [0, 0.05) is 13.7 Å². The SMILES string of the molecule is COC(CNC(=O)Cn1c(=O)oc2ccccc21)c1ccsc1. The van der Waals surface area contributed by atoms with E-state index in [0.717, 1.165) is 5.56 Å². The summed E-state index contributed by atoms with van der Waals surface area (Å²) in [5, 5.41) is 6.73. The van der Waals surface area contributed by atoms with Crippen LogP contribution in [0.2, 0.25) is 0 Å². The summed E-state index contributed by atoms with van der Waals surface area (Å²) in [5.41, 5.74) is 2.09. The van der Waals surface area contributed by atoms with Crippen molar-refractivity contribution >= 4 is 28.3 Å². The molecule has 3 aromatic rings. The summed E-state index contributed by atoms with van der Waals surface area (Å²) >= 11 is 1.57. The van der Waals surface area contributed by atoms with E-state index in [1.54, 1.807) is 42.7 Å². The largest absolute Gasteiger partial charge is 0.420 e. The number of nitrogens with one attached hydrogen (secondary N) is 1. The number of thiophene rings is 1. The molecule has 0 aliphatic heterocycles. The summed E-state index contributed by atoms with van der Waals surface area (Å²) in [7, 11) is 1.60. The summed E-state index contributed by atoms with van der Waals surface area (Å²) in [4.78, 5) is 24.0. The molecule has 1 aromatic carbocycles. The molecule has 2 aromatic heterocycles. The number of carbonyl (C=O) groups is 1. The lowest BCUT2D eigenvalue weighted by Gasteiger charge is -2.15. The van der Waals surface area contributed by atoms with Crippen LogP contribution in [0.5, 0.6) is 0 Å². The van der Waals surface area contributed by atoms with Crippen molar-refractivity contribution in [1.29, 1.82) is 0 Å². The van der Waals surface area contributed by atoms with E-state index in [0.29, 0.717) is 17.6 Å². The number of rotatable bonds is 6. The van der Waals surface area contributed by atoms with Crippen molar-refractivity contribution in [2.24, 2.45) is 0 Å². The highest BCUT2D eigenvalue weighted by Gasteiger charge is 2.15. The van der Waals surface area contributed by atoms with Crippen molar-refractivity contribution in [3.05, 3.63) is 57.2 Å². The Hall–Kier alpha value is -2.38. The van der Waals surface area contributed by atoms with Gasteiger partial charge in [0.1, 0.15) is 12.6 Å². The lowest BCUT2D eigenvalue weighted by molar-refractivity contribution is -0.122. The van der Waals surface area contributed by atoms with E-state index in [4.69, 9.17) is 9.15 Å². The van der Waals surface area contributed by atoms with Crippen LogP contribution >= 0.6 is 11.3 Å². The number of amides is 1. The second-order valence-electron chi connectivity index (χ2n) is 5.01. The maximum Gasteiger partial charge on any atom is 0.420 e. The van der Waals surface area contributed by atoms with E-state index in [-0.39, 0.29) is 18.6 Å². The van der Waals surface area contributed by atoms with Gasteiger partial charge in [-0.25, -0.2) is 4.79 Å². The molecule has 0 saturated carbocycles. The molecule has 7 heteroatoms. The molecule has 0 bridgehead atoms. The number of fused-ring (bicyclic) bond motifs is 1. The maximum absolute atomic E-state index is 12.1. The Kier molecular flexibility index (Phi) is 4.59. The van der Waals surface area contributed by atoms with Crippen LogP contribution in [0.15, 0.2) is 50.3 Å². The smallest absolute Gasteiger partial charge is 0.408 e. The number of aromatic nitrogens is 1. The van der Waals surface area contributed by atoms with Gasteiger partial charge in [0.25, 0.3) is 0 Å². The molecule has 120 valence electrons. The Morgan fingerprint density at radius 2 is 2.22 bits per heavy atom. The summed E-state index contributed by atoms with van der Waals surface area (Å²) in [6.45, 7) is 0.256. The molecule has 0 saturated heterocycles. The number of oxazole rings is 1. The maximum atomic E-state index is 12.1. The third-order valence-electron chi connectivity index (χ3n) is 3.56. The monoisotopic (exact) mass is 332 g/mol. The van der Waals surface area contributed by atoms with E-state index in [1.807, 2.05) is 16.8 Å². The van der Waals surface area contributed by atoms with E-state index in [9.17, 15) is 9.59 Å². The van der Waals surface area contributed by atoms with E-state index in [1.165, 1.54) is 4.57 Å². The Morgan fingerprint density at radius 1 is 1.39 bits per heavy atom. The van der Waals surface area contributed by atoms with E-state index >= 15 is 0 Å². The first-order valence-electron chi connectivity index (χ1n) is 7.09. The molecule has 0 radical (unpaired) electrons. The van der Waals surface area contributed by atoms with Crippen LogP contribution in [0.3, 0.4) is 0 Å². The lowest BCUT2D eigenvalue weighted by atomic mass is 10.2. The number of nitrogens with zero attached hydrogens (tertiary/aromatic N) is 1. The fraction of sp³-hybridized carbons (Fsp3) is 0.250. The molecule has 0 fully saturated rings. The predicted molar refractivity (Wildman–Crippen MR) is 87.6 cm³/mol. The van der Waals surface area contributed by atoms with Crippen LogP contribution in [0.25, 0.3) is 11.1 Å². The third-order valence-corrected chi connectivity index (χ3v) is 4.26. The molecule has 0 aliphatic rings. The zero-order valence-electron chi connectivity index (χ0n) is 12.5. The summed E-state index contributed by atoms with van der Waals surface area (Å²) in [5.74, 6) is -0.807. The normalized spacial score (nSPS) is 12.4. The standard InChI is InChI=1S/C16H16N2O4S/c1-21-14(11-6-7-23-10-11)8-17-15(19)9-18-12-4-2-3-5-13(12)22-16(18)20/h2-7,10,14H,8-9H2,1H3,(H,17,19). The van der Waals surface area contributed by atoms with Gasteiger partial charge in [0.05, 0.1) is 5.52 Å². The molecule has 1 atom stereocenters. The first-order chi connectivity index (χ1) is 11.2. The number of benzene rings is 1. The Morgan fingerprint density at radius 3 is 2.96 bits per heavy atom. The minimum Gasteiger partial charge on any atom is -0.408 e. The molecule has 1 unspecified atom stereocenters. The van der Waals surface area contributed by atoms with Crippen molar-refractivity contribution < 1.29 is 13.9 Å². The van der Waals surface area contributed by atoms with Crippen molar-refractivity contribution in [2.75, 3.05) is 13.7 Å². The average Bonchev–Trinajstić information content (AvgIpc) is 3.17. The molecule has 3 rings (SSSR count). The Balaban J connectivity index is 1.67. The molecule has 1 N–H and O–H groups in total. The topological polar surface area (TPSA) is 73.5 Å². The van der Waals surface area contributed by atoms with Gasteiger partial charge in [0.15, 0.2) is 5.58 Å². The van der Waals surface area contributed by atoms with Gasteiger partial charge in [-0.1, -0.05) is 12.1 Å². The molecule has 23 heavy (non-hydrogen) atoms. The summed E-state index contributed by atoms with van der Waals surface area (Å²) in [6, 6.07) is 8.97.